The molecule has 0 unspecified atom stereocenters. The minimum atomic E-state index is -1.34. The second-order valence-electron chi connectivity index (χ2n) is 6.88. The number of nitrogens with one attached hydrogen (secondary N) is 1. The summed E-state index contributed by atoms with van der Waals surface area (Å²) in [6.45, 7) is 1.49. The summed E-state index contributed by atoms with van der Waals surface area (Å²) < 4.78 is 0. The molecule has 7 heteroatoms. The van der Waals surface area contributed by atoms with Gasteiger partial charge in [-0.2, -0.15) is 0 Å². The van der Waals surface area contributed by atoms with E-state index in [2.05, 4.69) is 17.4 Å². The second-order valence-corrected chi connectivity index (χ2v) is 6.88. The first kappa shape index (κ1) is 18.9. The third kappa shape index (κ3) is 5.04. The highest BCUT2D eigenvalue weighted by atomic mass is 16.4. The summed E-state index contributed by atoms with van der Waals surface area (Å²) in [4.78, 5) is 11.6. The normalized spacial score (nSPS) is 26.5. The van der Waals surface area contributed by atoms with Crippen molar-refractivity contribution in [3.05, 3.63) is 35.9 Å². The zero-order valence-electron chi connectivity index (χ0n) is 13.9. The zero-order valence-corrected chi connectivity index (χ0v) is 13.9. The Morgan fingerprint density at radius 3 is 2.67 bits per heavy atom. The van der Waals surface area contributed by atoms with Gasteiger partial charge in [0.2, 0.25) is 0 Å². The molecule has 3 atom stereocenters. The van der Waals surface area contributed by atoms with Crippen LogP contribution in [-0.2, 0) is 11.3 Å². The van der Waals surface area contributed by atoms with E-state index in [9.17, 15) is 9.90 Å². The monoisotopic (exact) mass is 334 g/mol. The summed E-state index contributed by atoms with van der Waals surface area (Å²) in [5, 5.41) is 30.8. The summed E-state index contributed by atoms with van der Waals surface area (Å²) in [6.07, 6.45) is 2.64. The van der Waals surface area contributed by atoms with Gasteiger partial charge in [-0.1, -0.05) is 36.8 Å². The number of carboxylic acid groups (broad SMARTS) is 1. The van der Waals surface area contributed by atoms with E-state index in [0.29, 0.717) is 19.3 Å². The highest BCUT2D eigenvalue weighted by Crippen LogP contribution is 2.41. The lowest BCUT2D eigenvalue weighted by Crippen LogP contribution is -2.51. The number of aliphatic carboxylic acids is 1. The molecule has 0 spiro atoms. The van der Waals surface area contributed by atoms with E-state index in [1.54, 1.807) is 0 Å². The molecule has 132 valence electrons. The molecule has 0 bridgehead atoms. The molecule has 0 aliphatic heterocycles. The van der Waals surface area contributed by atoms with Crippen molar-refractivity contribution in [2.24, 2.45) is 17.6 Å². The van der Waals surface area contributed by atoms with E-state index in [4.69, 9.17) is 15.8 Å². The molecular weight excluding hydrogens is 307 g/mol. The van der Waals surface area contributed by atoms with Crippen LogP contribution in [0.2, 0.25) is 6.32 Å². The summed E-state index contributed by atoms with van der Waals surface area (Å²) in [7, 11) is -1.34. The number of benzene rings is 1. The molecule has 0 saturated heterocycles. The largest absolute Gasteiger partial charge is 0.480 e. The highest BCUT2D eigenvalue weighted by Gasteiger charge is 2.49. The van der Waals surface area contributed by atoms with Crippen molar-refractivity contribution in [2.75, 3.05) is 6.54 Å². The summed E-state index contributed by atoms with van der Waals surface area (Å²) >= 11 is 0. The van der Waals surface area contributed by atoms with Crippen molar-refractivity contribution in [1.29, 1.82) is 0 Å². The van der Waals surface area contributed by atoms with Crippen LogP contribution in [0.15, 0.2) is 30.3 Å². The first-order valence-corrected chi connectivity index (χ1v) is 8.55. The van der Waals surface area contributed by atoms with Crippen LogP contribution in [0.1, 0.15) is 31.2 Å². The molecule has 2 rings (SSSR count). The highest BCUT2D eigenvalue weighted by molar-refractivity contribution is 6.40. The second kappa shape index (κ2) is 8.62. The van der Waals surface area contributed by atoms with E-state index in [1.165, 1.54) is 5.56 Å². The van der Waals surface area contributed by atoms with Gasteiger partial charge >= 0.3 is 13.1 Å². The van der Waals surface area contributed by atoms with Crippen LogP contribution in [-0.4, -0.2) is 40.3 Å². The van der Waals surface area contributed by atoms with E-state index in [1.807, 2.05) is 18.2 Å². The molecule has 24 heavy (non-hydrogen) atoms. The third-order valence-electron chi connectivity index (χ3n) is 4.99. The number of hydrogen-bond donors (Lipinski definition) is 5. The van der Waals surface area contributed by atoms with Crippen molar-refractivity contribution < 1.29 is 19.9 Å². The lowest BCUT2D eigenvalue weighted by atomic mass is 9.78. The fourth-order valence-corrected chi connectivity index (χ4v) is 3.70. The van der Waals surface area contributed by atoms with Crippen molar-refractivity contribution >= 4 is 13.1 Å². The van der Waals surface area contributed by atoms with Crippen LogP contribution in [0.4, 0.5) is 0 Å². The van der Waals surface area contributed by atoms with Crippen molar-refractivity contribution in [3.8, 4) is 0 Å². The van der Waals surface area contributed by atoms with E-state index >= 15 is 0 Å². The average molecular weight is 334 g/mol. The topological polar surface area (TPSA) is 116 Å². The van der Waals surface area contributed by atoms with E-state index < -0.39 is 18.6 Å². The van der Waals surface area contributed by atoms with Gasteiger partial charge in [0.05, 0.1) is 0 Å². The lowest BCUT2D eigenvalue weighted by molar-refractivity contribution is -0.145. The minimum Gasteiger partial charge on any atom is -0.480 e. The predicted octanol–water partition coefficient (Wildman–Crippen LogP) is 0.837. The quantitative estimate of drug-likeness (QED) is 0.427. The van der Waals surface area contributed by atoms with Gasteiger partial charge in [-0.15, -0.1) is 0 Å². The van der Waals surface area contributed by atoms with Gasteiger partial charge in [-0.05, 0) is 49.5 Å². The van der Waals surface area contributed by atoms with Crippen LogP contribution < -0.4 is 11.1 Å². The Bertz CT molecular complexity index is 529. The number of carboxylic acids is 1. The molecule has 6 N–H and O–H groups in total. The minimum absolute atomic E-state index is 0.128. The summed E-state index contributed by atoms with van der Waals surface area (Å²) in [6, 6.07) is 10.1. The Kier molecular flexibility index (Phi) is 6.80. The Hall–Kier alpha value is -1.41. The Labute approximate surface area is 143 Å². The van der Waals surface area contributed by atoms with Crippen LogP contribution in [0.3, 0.4) is 0 Å². The average Bonchev–Trinajstić information content (AvgIpc) is 2.86. The van der Waals surface area contributed by atoms with Gasteiger partial charge in [0.25, 0.3) is 0 Å². The zero-order chi connectivity index (χ0) is 17.6. The maximum Gasteiger partial charge on any atom is 0.451 e. The molecule has 6 nitrogen and oxygen atoms in total. The molecule has 1 aliphatic carbocycles. The van der Waals surface area contributed by atoms with Crippen molar-refractivity contribution in [2.45, 2.75) is 44.1 Å². The fraction of sp³-hybridized carbons (Fsp3) is 0.588. The molecule has 1 aromatic carbocycles. The van der Waals surface area contributed by atoms with Crippen LogP contribution >= 0.6 is 0 Å². The van der Waals surface area contributed by atoms with E-state index in [-0.39, 0.29) is 18.2 Å². The van der Waals surface area contributed by atoms with Gasteiger partial charge in [0.1, 0.15) is 5.54 Å². The molecule has 1 aromatic rings. The molecule has 1 fully saturated rings. The molecule has 1 aliphatic rings. The van der Waals surface area contributed by atoms with Gasteiger partial charge in [-0.25, -0.2) is 0 Å². The maximum atomic E-state index is 11.6. The molecule has 1 saturated carbocycles. The molecule has 0 aromatic heterocycles. The molecule has 0 amide bonds. The van der Waals surface area contributed by atoms with Crippen LogP contribution in [0.25, 0.3) is 0 Å². The fourth-order valence-electron chi connectivity index (χ4n) is 3.70. The van der Waals surface area contributed by atoms with Crippen molar-refractivity contribution in [1.82, 2.24) is 5.32 Å². The first-order valence-electron chi connectivity index (χ1n) is 8.55. The SMILES string of the molecule is N[C@@]1(C(=O)O)C[C@@H](CNCc2ccccc2)C[C@@H]1CCCB(O)O. The maximum absolute atomic E-state index is 11.6. The first-order chi connectivity index (χ1) is 11.4. The molecule has 0 heterocycles. The van der Waals surface area contributed by atoms with Gasteiger partial charge in [0.15, 0.2) is 0 Å². The van der Waals surface area contributed by atoms with E-state index in [0.717, 1.165) is 19.5 Å². The molecule has 0 radical (unpaired) electrons. The smallest absolute Gasteiger partial charge is 0.451 e. The third-order valence-corrected chi connectivity index (χ3v) is 4.99. The van der Waals surface area contributed by atoms with Gasteiger partial charge < -0.3 is 26.2 Å². The standard InChI is InChI=1S/C17H27BN2O4/c19-17(16(21)22)10-14(9-15(17)7-4-8-18(23)24)12-20-11-13-5-2-1-3-6-13/h1-3,5-6,14-15,20,23-24H,4,7-12,19H2,(H,21,22)/t14-,15-,17-/m0/s1. The predicted molar refractivity (Wildman–Crippen MR) is 93.1 cm³/mol. The summed E-state index contributed by atoms with van der Waals surface area (Å²) in [5.74, 6) is -0.862. The number of rotatable bonds is 9. The summed E-state index contributed by atoms with van der Waals surface area (Å²) in [5.41, 5.74) is 6.17. The Morgan fingerprint density at radius 2 is 2.04 bits per heavy atom. The lowest BCUT2D eigenvalue weighted by Gasteiger charge is -2.26. The number of nitrogens with two attached hydrogens (primary N) is 1. The van der Waals surface area contributed by atoms with Gasteiger partial charge in [-0.3, -0.25) is 4.79 Å². The number of hydrogen-bond acceptors (Lipinski definition) is 5. The molecular formula is C17H27BN2O4. The van der Waals surface area contributed by atoms with Crippen LogP contribution in [0.5, 0.6) is 0 Å². The number of carbonyl (C=O) groups is 1. The Morgan fingerprint density at radius 1 is 1.33 bits per heavy atom. The van der Waals surface area contributed by atoms with Crippen LogP contribution in [0, 0.1) is 11.8 Å². The van der Waals surface area contributed by atoms with Gasteiger partial charge in [0, 0.05) is 6.54 Å². The Balaban J connectivity index is 1.85. The van der Waals surface area contributed by atoms with Crippen molar-refractivity contribution in [3.63, 3.8) is 0 Å².